The third kappa shape index (κ3) is 4.75. The number of likely N-dealkylation sites (N-methyl/N-ethyl adjacent to an activating group) is 1. The van der Waals surface area contributed by atoms with Crippen molar-refractivity contribution in [2.24, 2.45) is 0 Å². The Morgan fingerprint density at radius 1 is 0.774 bits per heavy atom. The zero-order valence-corrected chi connectivity index (χ0v) is 18.7. The van der Waals surface area contributed by atoms with Gasteiger partial charge in [0.1, 0.15) is 0 Å². The van der Waals surface area contributed by atoms with E-state index in [1.807, 2.05) is 48.6 Å². The van der Waals surface area contributed by atoms with Crippen LogP contribution in [0.2, 0.25) is 0 Å². The van der Waals surface area contributed by atoms with E-state index in [-0.39, 0.29) is 5.78 Å². The molecule has 0 spiro atoms. The summed E-state index contributed by atoms with van der Waals surface area (Å²) in [5.41, 5.74) is 3.02. The molecule has 0 aromatic heterocycles. The van der Waals surface area contributed by atoms with Crippen molar-refractivity contribution in [2.45, 2.75) is 6.92 Å². The lowest BCUT2D eigenvalue weighted by Gasteiger charge is -2.29. The Morgan fingerprint density at radius 2 is 1.23 bits per heavy atom. The first-order valence-electron chi connectivity index (χ1n) is 10.2. The van der Waals surface area contributed by atoms with Crippen LogP contribution in [-0.4, -0.2) is 58.8 Å². The van der Waals surface area contributed by atoms with Gasteiger partial charge in [-0.3, -0.25) is 9.69 Å². The predicted molar refractivity (Wildman–Crippen MR) is 122 cm³/mol. The molecule has 1 aliphatic rings. The van der Waals surface area contributed by atoms with Gasteiger partial charge in [0.25, 0.3) is 0 Å². The molecule has 164 valence electrons. The summed E-state index contributed by atoms with van der Waals surface area (Å²) in [7, 11) is 6.39. The van der Waals surface area contributed by atoms with Crippen LogP contribution in [0, 0.1) is 0 Å². The molecule has 0 N–H and O–H groups in total. The average molecular weight is 424 g/mol. The topological polar surface area (TPSA) is 57.2 Å². The molecule has 1 aliphatic heterocycles. The van der Waals surface area contributed by atoms with Crippen molar-refractivity contribution in [3.05, 3.63) is 58.7 Å². The van der Waals surface area contributed by atoms with Gasteiger partial charge >= 0.3 is 0 Å². The highest BCUT2D eigenvalue weighted by molar-refractivity contribution is 6.15. The third-order valence-corrected chi connectivity index (χ3v) is 5.34. The highest BCUT2D eigenvalue weighted by atomic mass is 16.5. The van der Waals surface area contributed by atoms with Crippen LogP contribution in [0.3, 0.4) is 0 Å². The number of nitrogens with zero attached hydrogens (tertiary/aromatic N) is 1. The maximum absolute atomic E-state index is 13.4. The standard InChI is InChI=1S/C25H29NO5/c1-6-26-15-19(13-17-9-7-11-21(28-2)24(17)30-4)23(27)20(16-26)14-18-10-8-12-22(29-3)25(18)31-5/h7-14H,6,15-16H2,1-5H3/b19-13+,20-14+. The van der Waals surface area contributed by atoms with Gasteiger partial charge in [-0.15, -0.1) is 0 Å². The largest absolute Gasteiger partial charge is 0.493 e. The number of benzene rings is 2. The van der Waals surface area contributed by atoms with E-state index in [0.29, 0.717) is 47.2 Å². The van der Waals surface area contributed by atoms with Crippen molar-refractivity contribution in [2.75, 3.05) is 48.1 Å². The summed E-state index contributed by atoms with van der Waals surface area (Å²) in [4.78, 5) is 15.6. The fourth-order valence-corrected chi connectivity index (χ4v) is 3.76. The fraction of sp³-hybridized carbons (Fsp3) is 0.320. The quantitative estimate of drug-likeness (QED) is 0.625. The van der Waals surface area contributed by atoms with E-state index in [1.54, 1.807) is 28.4 Å². The molecule has 0 aliphatic carbocycles. The minimum atomic E-state index is 0.0134. The Bertz CT molecular complexity index is 931. The average Bonchev–Trinajstić information content (AvgIpc) is 2.80. The number of ketones is 1. The highest BCUT2D eigenvalue weighted by Crippen LogP contribution is 2.35. The number of carbonyl (C=O) groups is 1. The van der Waals surface area contributed by atoms with Crippen LogP contribution in [0.4, 0.5) is 0 Å². The van der Waals surface area contributed by atoms with Gasteiger partial charge in [-0.1, -0.05) is 31.2 Å². The summed E-state index contributed by atoms with van der Waals surface area (Å²) in [6.07, 6.45) is 3.78. The van der Waals surface area contributed by atoms with Crippen molar-refractivity contribution in [1.29, 1.82) is 0 Å². The number of hydrogen-bond acceptors (Lipinski definition) is 6. The maximum atomic E-state index is 13.4. The van der Waals surface area contributed by atoms with Gasteiger partial charge in [-0.2, -0.15) is 0 Å². The molecule has 0 amide bonds. The Morgan fingerprint density at radius 3 is 1.58 bits per heavy atom. The van der Waals surface area contributed by atoms with E-state index in [4.69, 9.17) is 18.9 Å². The zero-order chi connectivity index (χ0) is 22.4. The molecule has 1 saturated heterocycles. The molecule has 3 rings (SSSR count). The van der Waals surface area contributed by atoms with Crippen LogP contribution in [-0.2, 0) is 4.79 Å². The second-order valence-corrected chi connectivity index (χ2v) is 7.14. The van der Waals surface area contributed by atoms with E-state index in [2.05, 4.69) is 11.8 Å². The molecule has 6 nitrogen and oxygen atoms in total. The molecule has 0 atom stereocenters. The fourth-order valence-electron chi connectivity index (χ4n) is 3.76. The lowest BCUT2D eigenvalue weighted by atomic mass is 9.94. The molecular formula is C25H29NO5. The normalized spacial score (nSPS) is 17.1. The van der Waals surface area contributed by atoms with Crippen LogP contribution in [0.15, 0.2) is 47.5 Å². The second-order valence-electron chi connectivity index (χ2n) is 7.14. The molecule has 0 saturated carbocycles. The van der Waals surface area contributed by atoms with Crippen LogP contribution >= 0.6 is 0 Å². The smallest absolute Gasteiger partial charge is 0.187 e. The molecule has 2 aromatic rings. The Labute approximate surface area is 183 Å². The number of Topliss-reactive ketones (excluding diaryl/α,β-unsaturated/α-hetero) is 1. The van der Waals surface area contributed by atoms with E-state index in [0.717, 1.165) is 17.7 Å². The summed E-state index contributed by atoms with van der Waals surface area (Å²) in [5.74, 6) is 2.49. The monoisotopic (exact) mass is 423 g/mol. The number of rotatable bonds is 7. The number of hydrogen-bond donors (Lipinski definition) is 0. The number of methoxy groups -OCH3 is 4. The maximum Gasteiger partial charge on any atom is 0.187 e. The van der Waals surface area contributed by atoms with E-state index in [9.17, 15) is 4.79 Å². The van der Waals surface area contributed by atoms with Gasteiger partial charge in [0.2, 0.25) is 0 Å². The predicted octanol–water partition coefficient (Wildman–Crippen LogP) is 4.09. The van der Waals surface area contributed by atoms with Crippen LogP contribution in [0.5, 0.6) is 23.0 Å². The summed E-state index contributed by atoms with van der Waals surface area (Å²) < 4.78 is 21.9. The lowest BCUT2D eigenvalue weighted by molar-refractivity contribution is -0.113. The molecule has 6 heteroatoms. The van der Waals surface area contributed by atoms with Crippen LogP contribution in [0.25, 0.3) is 12.2 Å². The Balaban J connectivity index is 2.06. The minimum Gasteiger partial charge on any atom is -0.493 e. The van der Waals surface area contributed by atoms with Gasteiger partial charge in [0, 0.05) is 35.4 Å². The molecule has 0 bridgehead atoms. The van der Waals surface area contributed by atoms with Crippen molar-refractivity contribution in [3.63, 3.8) is 0 Å². The summed E-state index contributed by atoms with van der Waals surface area (Å²) in [5, 5.41) is 0. The SMILES string of the molecule is CCN1C/C(=C\c2cccc(OC)c2OC)C(=O)/C(=C/c2cccc(OC)c2OC)C1. The van der Waals surface area contributed by atoms with Crippen molar-refractivity contribution < 1.29 is 23.7 Å². The lowest BCUT2D eigenvalue weighted by Crippen LogP contribution is -2.37. The molecule has 1 fully saturated rings. The van der Waals surface area contributed by atoms with E-state index in [1.165, 1.54) is 0 Å². The molecule has 31 heavy (non-hydrogen) atoms. The third-order valence-electron chi connectivity index (χ3n) is 5.34. The van der Waals surface area contributed by atoms with Gasteiger partial charge < -0.3 is 18.9 Å². The van der Waals surface area contributed by atoms with Gasteiger partial charge in [-0.05, 0) is 30.8 Å². The van der Waals surface area contributed by atoms with Gasteiger partial charge in [0.05, 0.1) is 28.4 Å². The van der Waals surface area contributed by atoms with Crippen molar-refractivity contribution in [3.8, 4) is 23.0 Å². The number of piperidine rings is 1. The summed E-state index contributed by atoms with van der Waals surface area (Å²) in [6.45, 7) is 4.06. The number of para-hydroxylation sites is 2. The van der Waals surface area contributed by atoms with Crippen molar-refractivity contribution in [1.82, 2.24) is 4.90 Å². The number of likely N-dealkylation sites (tertiary alicyclic amines) is 1. The first-order chi connectivity index (χ1) is 15.1. The molecule has 1 heterocycles. The molecule has 0 unspecified atom stereocenters. The van der Waals surface area contributed by atoms with Gasteiger partial charge in [0.15, 0.2) is 28.8 Å². The first kappa shape index (κ1) is 22.4. The summed E-state index contributed by atoms with van der Waals surface area (Å²) in [6, 6.07) is 11.3. The van der Waals surface area contributed by atoms with Crippen LogP contribution < -0.4 is 18.9 Å². The minimum absolute atomic E-state index is 0.0134. The molecule has 0 radical (unpaired) electrons. The van der Waals surface area contributed by atoms with E-state index >= 15 is 0 Å². The zero-order valence-electron chi connectivity index (χ0n) is 18.7. The molecular weight excluding hydrogens is 394 g/mol. The first-order valence-corrected chi connectivity index (χ1v) is 10.2. The number of ether oxygens (including phenoxy) is 4. The summed E-state index contributed by atoms with van der Waals surface area (Å²) >= 11 is 0. The Hall–Kier alpha value is -3.25. The number of carbonyl (C=O) groups excluding carboxylic acids is 1. The second kappa shape index (κ2) is 10.2. The van der Waals surface area contributed by atoms with E-state index < -0.39 is 0 Å². The van der Waals surface area contributed by atoms with Crippen molar-refractivity contribution >= 4 is 17.9 Å². The molecule has 2 aromatic carbocycles. The Kier molecular flexibility index (Phi) is 7.36. The van der Waals surface area contributed by atoms with Gasteiger partial charge in [-0.25, -0.2) is 0 Å². The van der Waals surface area contributed by atoms with Crippen LogP contribution in [0.1, 0.15) is 18.1 Å². The highest BCUT2D eigenvalue weighted by Gasteiger charge is 2.26.